The first-order valence-electron chi connectivity index (χ1n) is 11.8. The average molecular weight is 546 g/mol. The zero-order valence-corrected chi connectivity index (χ0v) is 22.0. The topological polar surface area (TPSA) is 132 Å². The molecule has 0 saturated carbocycles. The van der Waals surface area contributed by atoms with Crippen molar-refractivity contribution in [3.05, 3.63) is 42.0 Å². The molecule has 1 N–H and O–H groups in total. The zero-order valence-electron chi connectivity index (χ0n) is 20.4. The van der Waals surface area contributed by atoms with Gasteiger partial charge in [0.2, 0.25) is 0 Å². The highest BCUT2D eigenvalue weighted by Crippen LogP contribution is 2.27. The van der Waals surface area contributed by atoms with Crippen LogP contribution in [0.2, 0.25) is 0 Å². The van der Waals surface area contributed by atoms with Crippen LogP contribution in [0, 0.1) is 0 Å². The smallest absolute Gasteiger partial charge is 0.280 e. The van der Waals surface area contributed by atoms with Gasteiger partial charge in [-0.1, -0.05) is 28.6 Å². The third-order valence-corrected chi connectivity index (χ3v) is 9.16. The number of aromatic nitrogens is 2. The van der Waals surface area contributed by atoms with Crippen molar-refractivity contribution < 1.29 is 27.5 Å². The first-order chi connectivity index (χ1) is 17.8. The Kier molecular flexibility index (Phi) is 7.38. The zero-order chi connectivity index (χ0) is 26.0. The summed E-state index contributed by atoms with van der Waals surface area (Å²) in [5.74, 6) is 0.244. The number of rotatable bonds is 8. The van der Waals surface area contributed by atoms with Gasteiger partial charge < -0.3 is 19.2 Å². The molecule has 0 spiro atoms. The molecule has 4 heterocycles. The molecule has 2 saturated heterocycles. The third-order valence-electron chi connectivity index (χ3n) is 6.10. The number of carbonyl (C=O) groups excluding carboxylic acids is 1. The summed E-state index contributed by atoms with van der Waals surface area (Å²) in [4.78, 5) is 30.7. The maximum absolute atomic E-state index is 13.3. The second-order valence-corrected chi connectivity index (χ2v) is 12.2. The van der Waals surface area contributed by atoms with E-state index < -0.39 is 21.0 Å². The molecule has 2 aromatic heterocycles. The number of thiazole rings is 1. The molecule has 3 aromatic rings. The molecule has 0 unspecified atom stereocenters. The molecule has 2 fully saturated rings. The normalized spacial score (nSPS) is 20.3. The maximum atomic E-state index is 13.3. The van der Waals surface area contributed by atoms with Gasteiger partial charge in [-0.3, -0.25) is 10.1 Å². The minimum atomic E-state index is -3.53. The highest BCUT2D eigenvalue weighted by Gasteiger charge is 2.31. The van der Waals surface area contributed by atoms with E-state index in [9.17, 15) is 13.2 Å². The quantitative estimate of drug-likeness (QED) is 0.335. The number of nitrogens with one attached hydrogen (secondary N) is 1. The lowest BCUT2D eigenvalue weighted by Gasteiger charge is -2.12. The van der Waals surface area contributed by atoms with E-state index in [-0.39, 0.29) is 23.3 Å². The van der Waals surface area contributed by atoms with E-state index >= 15 is 0 Å². The number of carbonyl (C=O) groups is 1. The molecule has 37 heavy (non-hydrogen) atoms. The van der Waals surface area contributed by atoms with Crippen molar-refractivity contribution in [2.24, 2.45) is 5.16 Å². The van der Waals surface area contributed by atoms with Crippen LogP contribution < -0.4 is 10.2 Å². The third kappa shape index (κ3) is 5.59. The molecule has 11 nitrogen and oxygen atoms in total. The van der Waals surface area contributed by atoms with Crippen molar-refractivity contribution in [2.45, 2.75) is 29.1 Å². The summed E-state index contributed by atoms with van der Waals surface area (Å²) in [6.45, 7) is 1.56. The molecular weight excluding hydrogens is 518 g/mol. The van der Waals surface area contributed by atoms with Gasteiger partial charge in [0.15, 0.2) is 26.8 Å². The van der Waals surface area contributed by atoms with Crippen molar-refractivity contribution in [3.8, 4) is 0 Å². The second kappa shape index (κ2) is 10.7. The molecule has 0 aliphatic carbocycles. The number of sulfone groups is 1. The van der Waals surface area contributed by atoms with Gasteiger partial charge in [0.1, 0.15) is 16.2 Å². The minimum Gasteiger partial charge on any atom is -0.389 e. The summed E-state index contributed by atoms with van der Waals surface area (Å²) in [5, 5.41) is 6.72. The van der Waals surface area contributed by atoms with Crippen LogP contribution in [0.1, 0.15) is 18.4 Å². The Balaban J connectivity index is 1.40. The van der Waals surface area contributed by atoms with Crippen LogP contribution in [0.25, 0.3) is 10.3 Å². The molecule has 0 bridgehead atoms. The van der Waals surface area contributed by atoms with Crippen molar-refractivity contribution in [3.63, 3.8) is 0 Å². The SMILES string of the molecule is CN(C)c1ccc2nc(NC(=O)/C(=N/O[C@@H]3CCOC3)c3ccc(S(=O)(=O)[C@H]4CCOC4)cc3)sc2n1. The number of ether oxygens (including phenoxy) is 2. The minimum absolute atomic E-state index is 0.00115. The number of pyridine rings is 1. The fourth-order valence-corrected chi connectivity index (χ4v) is 6.38. The van der Waals surface area contributed by atoms with E-state index in [0.717, 1.165) is 5.82 Å². The van der Waals surface area contributed by atoms with E-state index in [1.54, 1.807) is 12.1 Å². The molecule has 5 rings (SSSR count). The van der Waals surface area contributed by atoms with Crippen molar-refractivity contribution >= 4 is 54.1 Å². The Hall–Kier alpha value is -3.13. The number of fused-ring (bicyclic) bond motifs is 1. The van der Waals surface area contributed by atoms with E-state index in [4.69, 9.17) is 14.3 Å². The van der Waals surface area contributed by atoms with Crippen molar-refractivity contribution in [2.75, 3.05) is 50.7 Å². The Labute approximate surface area is 218 Å². The van der Waals surface area contributed by atoms with Crippen LogP contribution in [0.3, 0.4) is 0 Å². The molecule has 2 aliphatic rings. The number of anilines is 2. The summed E-state index contributed by atoms with van der Waals surface area (Å²) in [6, 6.07) is 9.77. The number of hydrogen-bond donors (Lipinski definition) is 1. The van der Waals surface area contributed by atoms with Crippen LogP contribution in [-0.4, -0.2) is 81.9 Å². The Morgan fingerprint density at radius 1 is 1.08 bits per heavy atom. The van der Waals surface area contributed by atoms with E-state index in [1.807, 2.05) is 31.1 Å². The first-order valence-corrected chi connectivity index (χ1v) is 14.2. The summed E-state index contributed by atoms with van der Waals surface area (Å²) < 4.78 is 36.4. The van der Waals surface area contributed by atoms with Gasteiger partial charge in [0.05, 0.1) is 30.0 Å². The van der Waals surface area contributed by atoms with Gasteiger partial charge in [0, 0.05) is 32.7 Å². The Morgan fingerprint density at radius 3 is 2.51 bits per heavy atom. The number of nitrogens with zero attached hydrogens (tertiary/aromatic N) is 4. The van der Waals surface area contributed by atoms with Crippen LogP contribution in [0.4, 0.5) is 10.9 Å². The van der Waals surface area contributed by atoms with Gasteiger partial charge in [-0.2, -0.15) is 0 Å². The number of hydrogen-bond acceptors (Lipinski definition) is 11. The first kappa shape index (κ1) is 25.5. The predicted octanol–water partition coefficient (Wildman–Crippen LogP) is 2.47. The lowest BCUT2D eigenvalue weighted by atomic mass is 10.1. The number of oxime groups is 1. The highest BCUT2D eigenvalue weighted by molar-refractivity contribution is 7.92. The average Bonchev–Trinajstić information content (AvgIpc) is 3.66. The van der Waals surface area contributed by atoms with Crippen LogP contribution in [-0.2, 0) is 28.9 Å². The lowest BCUT2D eigenvalue weighted by Crippen LogP contribution is -2.25. The largest absolute Gasteiger partial charge is 0.389 e. The van der Waals surface area contributed by atoms with Gasteiger partial charge in [-0.15, -0.1) is 0 Å². The highest BCUT2D eigenvalue weighted by atomic mass is 32.2. The summed E-state index contributed by atoms with van der Waals surface area (Å²) >= 11 is 1.25. The van der Waals surface area contributed by atoms with Gasteiger partial charge in [-0.05, 0) is 30.7 Å². The van der Waals surface area contributed by atoms with E-state index in [0.29, 0.717) is 53.7 Å². The summed E-state index contributed by atoms with van der Waals surface area (Å²) in [5.41, 5.74) is 1.07. The van der Waals surface area contributed by atoms with Crippen molar-refractivity contribution in [1.82, 2.24) is 9.97 Å². The molecule has 0 radical (unpaired) electrons. The maximum Gasteiger partial charge on any atom is 0.280 e. The van der Waals surface area contributed by atoms with Gasteiger partial charge >= 0.3 is 0 Å². The van der Waals surface area contributed by atoms with Crippen LogP contribution in [0.5, 0.6) is 0 Å². The number of amides is 1. The number of benzene rings is 1. The second-order valence-electron chi connectivity index (χ2n) is 8.95. The van der Waals surface area contributed by atoms with Crippen LogP contribution >= 0.6 is 11.3 Å². The molecule has 1 amide bonds. The molecule has 1 aromatic carbocycles. The van der Waals surface area contributed by atoms with Crippen molar-refractivity contribution in [1.29, 1.82) is 0 Å². The fraction of sp³-hybridized carbons (Fsp3) is 0.417. The standard InChI is InChI=1S/C24H27N5O6S2/c1-29(2)20-8-7-19-23(26-20)36-24(25-19)27-22(30)21(28-35-16-9-11-33-13-16)15-3-5-17(6-4-15)37(31,32)18-10-12-34-14-18/h3-8,16,18H,9-14H2,1-2H3,(H,25,27,30)/b28-21+/t16-,18+/m1/s1. The van der Waals surface area contributed by atoms with Crippen LogP contribution in [0.15, 0.2) is 46.4 Å². The molecular formula is C24H27N5O6S2. The van der Waals surface area contributed by atoms with Gasteiger partial charge in [0.25, 0.3) is 5.91 Å². The molecule has 2 atom stereocenters. The molecule has 13 heteroatoms. The fourth-order valence-electron chi connectivity index (χ4n) is 3.97. The summed E-state index contributed by atoms with van der Waals surface area (Å²) in [7, 11) is 0.262. The Morgan fingerprint density at radius 2 is 1.84 bits per heavy atom. The lowest BCUT2D eigenvalue weighted by molar-refractivity contribution is -0.110. The monoisotopic (exact) mass is 545 g/mol. The van der Waals surface area contributed by atoms with E-state index in [2.05, 4.69) is 20.4 Å². The van der Waals surface area contributed by atoms with Gasteiger partial charge in [-0.25, -0.2) is 18.4 Å². The predicted molar refractivity (Wildman–Crippen MR) is 140 cm³/mol. The molecule has 2 aliphatic heterocycles. The molecule has 196 valence electrons. The summed E-state index contributed by atoms with van der Waals surface area (Å²) in [6.07, 6.45) is 0.862. The van der Waals surface area contributed by atoms with E-state index in [1.165, 1.54) is 23.5 Å². The Bertz CT molecular complexity index is 1410.